The predicted octanol–water partition coefficient (Wildman–Crippen LogP) is 7.40. The Bertz CT molecular complexity index is 1770. The Kier molecular flexibility index (Phi) is 8.70. The van der Waals surface area contributed by atoms with E-state index in [1.807, 2.05) is 19.1 Å². The van der Waals surface area contributed by atoms with Crippen molar-refractivity contribution in [3.63, 3.8) is 0 Å². The van der Waals surface area contributed by atoms with Crippen molar-refractivity contribution in [3.8, 4) is 23.1 Å². The van der Waals surface area contributed by atoms with Crippen molar-refractivity contribution in [1.82, 2.24) is 14.9 Å². The maximum Gasteiger partial charge on any atom is 0.326 e. The van der Waals surface area contributed by atoms with Gasteiger partial charge in [-0.1, -0.05) is 12.1 Å². The van der Waals surface area contributed by atoms with Crippen molar-refractivity contribution in [2.45, 2.75) is 32.4 Å². The van der Waals surface area contributed by atoms with Crippen LogP contribution in [-0.2, 0) is 6.54 Å². The number of piperidine rings is 1. The van der Waals surface area contributed by atoms with Gasteiger partial charge in [-0.15, -0.1) is 0 Å². The van der Waals surface area contributed by atoms with Crippen LogP contribution in [0.15, 0.2) is 95.7 Å². The molecule has 0 unspecified atom stereocenters. The number of halogens is 2. The van der Waals surface area contributed by atoms with Gasteiger partial charge in [0.15, 0.2) is 0 Å². The number of anilines is 3. The first-order valence-corrected chi connectivity index (χ1v) is 14.6. The van der Waals surface area contributed by atoms with Crippen LogP contribution < -0.4 is 20.7 Å². The summed E-state index contributed by atoms with van der Waals surface area (Å²) in [7, 11) is 0. The third-order valence-electron chi connectivity index (χ3n) is 7.77. The van der Waals surface area contributed by atoms with Gasteiger partial charge in [0.25, 0.3) is 0 Å². The molecule has 9 nitrogen and oxygen atoms in total. The van der Waals surface area contributed by atoms with E-state index in [2.05, 4.69) is 20.2 Å². The molecule has 0 aliphatic carbocycles. The van der Waals surface area contributed by atoms with Gasteiger partial charge in [0.1, 0.15) is 23.6 Å². The molecule has 0 radical (unpaired) electrons. The number of amides is 2. The maximum atomic E-state index is 14.5. The van der Waals surface area contributed by atoms with E-state index in [4.69, 9.17) is 14.9 Å². The quantitative estimate of drug-likeness (QED) is 0.176. The largest absolute Gasteiger partial charge is 0.444 e. The number of nitrogens with zero attached hydrogens (tertiary/aromatic N) is 4. The topological polar surface area (TPSA) is 110 Å². The highest BCUT2D eigenvalue weighted by Gasteiger charge is 2.30. The van der Waals surface area contributed by atoms with Crippen molar-refractivity contribution in [2.24, 2.45) is 0 Å². The van der Waals surface area contributed by atoms with E-state index in [1.54, 1.807) is 41.3 Å². The lowest BCUT2D eigenvalue weighted by molar-refractivity contribution is 0.199. The van der Waals surface area contributed by atoms with E-state index in [-0.39, 0.29) is 17.5 Å². The smallest absolute Gasteiger partial charge is 0.326 e. The number of pyridine rings is 1. The first-order chi connectivity index (χ1) is 21.8. The van der Waals surface area contributed by atoms with E-state index in [1.165, 1.54) is 42.8 Å². The molecule has 230 valence electrons. The van der Waals surface area contributed by atoms with Gasteiger partial charge in [-0.25, -0.2) is 23.5 Å². The summed E-state index contributed by atoms with van der Waals surface area (Å²) in [5, 5.41) is 2.86. The molecule has 0 saturated carbocycles. The number of ether oxygens (including phenoxy) is 1. The van der Waals surface area contributed by atoms with E-state index in [0.29, 0.717) is 48.1 Å². The number of oxazole rings is 1. The molecule has 2 amide bonds. The minimum atomic E-state index is -0.529. The zero-order valence-electron chi connectivity index (χ0n) is 24.6. The van der Waals surface area contributed by atoms with Gasteiger partial charge in [0, 0.05) is 54.5 Å². The van der Waals surface area contributed by atoms with Crippen molar-refractivity contribution in [1.29, 1.82) is 0 Å². The molecule has 45 heavy (non-hydrogen) atoms. The second-order valence-corrected chi connectivity index (χ2v) is 10.9. The average molecular weight is 611 g/mol. The fourth-order valence-corrected chi connectivity index (χ4v) is 5.45. The van der Waals surface area contributed by atoms with Gasteiger partial charge in [0.05, 0.1) is 11.8 Å². The van der Waals surface area contributed by atoms with Gasteiger partial charge >= 0.3 is 6.03 Å². The Morgan fingerprint density at radius 2 is 1.87 bits per heavy atom. The van der Waals surface area contributed by atoms with Crippen molar-refractivity contribution >= 4 is 23.1 Å². The molecular weight excluding hydrogens is 578 g/mol. The van der Waals surface area contributed by atoms with Gasteiger partial charge in [-0.2, -0.15) is 0 Å². The molecule has 2 aromatic heterocycles. The molecule has 1 aliphatic heterocycles. The Labute approximate surface area is 259 Å². The number of urea groups is 1. The predicted molar refractivity (Wildman–Crippen MR) is 168 cm³/mol. The van der Waals surface area contributed by atoms with E-state index < -0.39 is 17.7 Å². The average Bonchev–Trinajstić information content (AvgIpc) is 3.57. The van der Waals surface area contributed by atoms with Crippen LogP contribution in [0, 0.1) is 18.6 Å². The summed E-state index contributed by atoms with van der Waals surface area (Å²) in [6.45, 7) is 4.09. The fourth-order valence-electron chi connectivity index (χ4n) is 5.45. The summed E-state index contributed by atoms with van der Waals surface area (Å²) in [5.41, 5.74) is 9.29. The monoisotopic (exact) mass is 610 g/mol. The number of hydrogen-bond acceptors (Lipinski definition) is 7. The number of hydrogen-bond donors (Lipinski definition) is 2. The molecule has 1 aliphatic rings. The number of nitrogens with two attached hydrogens (primary N) is 1. The summed E-state index contributed by atoms with van der Waals surface area (Å²) in [5.74, 6) is 0.298. The summed E-state index contributed by atoms with van der Waals surface area (Å²) in [6, 6.07) is 20.5. The van der Waals surface area contributed by atoms with Crippen LogP contribution in [0.25, 0.3) is 11.5 Å². The van der Waals surface area contributed by atoms with Crippen LogP contribution in [0.1, 0.15) is 24.1 Å². The van der Waals surface area contributed by atoms with E-state index in [0.717, 1.165) is 24.3 Å². The summed E-state index contributed by atoms with van der Waals surface area (Å²) in [6.07, 6.45) is 4.10. The molecule has 6 rings (SSSR count). The van der Waals surface area contributed by atoms with Crippen molar-refractivity contribution in [2.75, 3.05) is 29.0 Å². The molecule has 11 heteroatoms. The number of aryl methyl sites for hydroxylation is 1. The molecule has 3 aromatic carbocycles. The lowest BCUT2D eigenvalue weighted by atomic mass is 10.0. The molecule has 3 N–H and O–H groups in total. The van der Waals surface area contributed by atoms with E-state index >= 15 is 0 Å². The van der Waals surface area contributed by atoms with E-state index in [9.17, 15) is 13.6 Å². The third-order valence-corrected chi connectivity index (χ3v) is 7.77. The minimum absolute atomic E-state index is 0.104. The number of rotatable bonds is 8. The SMILES string of the molecule is Cc1nc(Oc2ccc(N)cc2)ccc1CN1CCC(N(C(=O)Nc2ccc(F)c(-c3ncco3)c2)c2cccc(F)c2)CC1. The lowest BCUT2D eigenvalue weighted by Gasteiger charge is -2.38. The minimum Gasteiger partial charge on any atom is -0.444 e. The summed E-state index contributed by atoms with van der Waals surface area (Å²) in [4.78, 5) is 26.3. The first kappa shape index (κ1) is 29.8. The Morgan fingerprint density at radius 3 is 2.58 bits per heavy atom. The van der Waals surface area contributed by atoms with Crippen LogP contribution in [0.5, 0.6) is 11.6 Å². The highest BCUT2D eigenvalue weighted by Crippen LogP contribution is 2.29. The van der Waals surface area contributed by atoms with Crippen molar-refractivity contribution in [3.05, 3.63) is 114 Å². The summed E-state index contributed by atoms with van der Waals surface area (Å²) < 4.78 is 39.9. The molecule has 5 aromatic rings. The normalized spacial score (nSPS) is 13.8. The van der Waals surface area contributed by atoms with Crippen LogP contribution >= 0.6 is 0 Å². The number of benzene rings is 3. The van der Waals surface area contributed by atoms with Gasteiger partial charge < -0.3 is 20.2 Å². The van der Waals surface area contributed by atoms with Crippen LogP contribution in [0.4, 0.5) is 30.6 Å². The molecule has 1 fully saturated rings. The third kappa shape index (κ3) is 7.10. The van der Waals surface area contributed by atoms with Gasteiger partial charge in [-0.3, -0.25) is 9.80 Å². The number of carbonyl (C=O) groups is 1. The molecule has 1 saturated heterocycles. The molecule has 0 atom stereocenters. The maximum absolute atomic E-state index is 14.5. The van der Waals surface area contributed by atoms with Crippen LogP contribution in [0.2, 0.25) is 0 Å². The number of nitrogens with one attached hydrogen (secondary N) is 1. The molecule has 0 bridgehead atoms. The number of carbonyl (C=O) groups excluding carboxylic acids is 1. The highest BCUT2D eigenvalue weighted by atomic mass is 19.1. The fraction of sp³-hybridized carbons (Fsp3) is 0.206. The first-order valence-electron chi connectivity index (χ1n) is 14.6. The Balaban J connectivity index is 1.13. The zero-order valence-corrected chi connectivity index (χ0v) is 24.6. The van der Waals surface area contributed by atoms with Gasteiger partial charge in [-0.05, 0) is 86.0 Å². The zero-order chi connectivity index (χ0) is 31.3. The number of likely N-dealkylation sites (tertiary alicyclic amines) is 1. The van der Waals surface area contributed by atoms with Crippen LogP contribution in [0.3, 0.4) is 0 Å². The standard InChI is InChI=1S/C34H32F2N6O3/c1-22-23(5-12-32(39-22)45-29-9-6-25(37)7-10-29)21-41-16-13-27(14-17-41)42(28-4-2-3-24(35)19-28)34(43)40-26-8-11-31(36)30(20-26)33-38-15-18-44-33/h2-12,15,18-20,27H,13-14,16-17,21,37H2,1H3,(H,40,43). The molecule has 0 spiro atoms. The Morgan fingerprint density at radius 1 is 1.07 bits per heavy atom. The Hall–Kier alpha value is -5.29. The van der Waals surface area contributed by atoms with Crippen molar-refractivity contribution < 1.29 is 22.7 Å². The number of nitrogen functional groups attached to an aromatic ring is 1. The highest BCUT2D eigenvalue weighted by molar-refractivity contribution is 6.02. The second-order valence-electron chi connectivity index (χ2n) is 10.9. The second kappa shape index (κ2) is 13.1. The lowest BCUT2D eigenvalue weighted by Crippen LogP contribution is -2.49. The van der Waals surface area contributed by atoms with Crippen LogP contribution in [-0.4, -0.2) is 40.0 Å². The van der Waals surface area contributed by atoms with Gasteiger partial charge in [0.2, 0.25) is 11.8 Å². The summed E-state index contributed by atoms with van der Waals surface area (Å²) >= 11 is 0. The molecule has 3 heterocycles. The molecular formula is C34H32F2N6O3. The number of aromatic nitrogens is 2.